The van der Waals surface area contributed by atoms with Crippen molar-refractivity contribution in [1.82, 2.24) is 25.2 Å². The van der Waals surface area contributed by atoms with Gasteiger partial charge in [0.05, 0.1) is 17.5 Å². The van der Waals surface area contributed by atoms with Gasteiger partial charge in [0.15, 0.2) is 5.82 Å². The van der Waals surface area contributed by atoms with Crippen LogP contribution in [0.3, 0.4) is 0 Å². The van der Waals surface area contributed by atoms with Crippen LogP contribution in [0.1, 0.15) is 42.1 Å². The number of likely N-dealkylation sites (tertiary alicyclic amines) is 1. The third-order valence-electron chi connectivity index (χ3n) is 6.05. The second kappa shape index (κ2) is 8.97. The zero-order valence-electron chi connectivity index (χ0n) is 18.1. The summed E-state index contributed by atoms with van der Waals surface area (Å²) in [5, 5.41) is 8.28. The van der Waals surface area contributed by atoms with Crippen molar-refractivity contribution >= 4 is 5.91 Å². The minimum Gasteiger partial charge on any atom is -0.385 e. The maximum absolute atomic E-state index is 13.1. The molecule has 31 heavy (non-hydrogen) atoms. The summed E-state index contributed by atoms with van der Waals surface area (Å²) in [5.41, 5.74) is 2.02. The van der Waals surface area contributed by atoms with E-state index >= 15 is 0 Å². The van der Waals surface area contributed by atoms with Crippen LogP contribution in [-0.4, -0.2) is 57.9 Å². The fourth-order valence-electron chi connectivity index (χ4n) is 4.21. The van der Waals surface area contributed by atoms with E-state index in [2.05, 4.69) is 15.3 Å². The number of aryl methyl sites for hydroxylation is 2. The molecule has 1 aliphatic heterocycles. The molecule has 9 nitrogen and oxygen atoms in total. The van der Waals surface area contributed by atoms with Crippen LogP contribution in [0.2, 0.25) is 0 Å². The first-order valence-electron chi connectivity index (χ1n) is 10.5. The lowest BCUT2D eigenvalue weighted by molar-refractivity contribution is -0.133. The average molecular weight is 425 g/mol. The van der Waals surface area contributed by atoms with Crippen LogP contribution in [0.4, 0.5) is 0 Å². The van der Waals surface area contributed by atoms with E-state index in [1.54, 1.807) is 19.5 Å². The van der Waals surface area contributed by atoms with Gasteiger partial charge in [-0.25, -0.2) is 0 Å². The first kappa shape index (κ1) is 21.2. The second-order valence-corrected chi connectivity index (χ2v) is 8.08. The zero-order valence-corrected chi connectivity index (χ0v) is 18.1. The molecule has 1 amide bonds. The standard InChI is InChI=1S/C22H27N5O4/c1-15-18(16(2)30-25-15)13-19(28)27-11-4-7-22(14-27,8-12-29-3)21-24-20(31-26-21)17-5-9-23-10-6-17/h5-6,9-10H,4,7-8,11-14H2,1-3H3. The summed E-state index contributed by atoms with van der Waals surface area (Å²) < 4.78 is 16.2. The Morgan fingerprint density at radius 2 is 2.03 bits per heavy atom. The first-order chi connectivity index (χ1) is 15.0. The smallest absolute Gasteiger partial charge is 0.258 e. The molecule has 1 aliphatic rings. The first-order valence-corrected chi connectivity index (χ1v) is 10.5. The molecule has 0 spiro atoms. The SMILES string of the molecule is COCCC1(c2noc(-c3ccncc3)n2)CCCN(C(=O)Cc2c(C)noc2C)C1. The third kappa shape index (κ3) is 4.36. The number of carbonyl (C=O) groups is 1. The van der Waals surface area contributed by atoms with Gasteiger partial charge in [0.25, 0.3) is 5.89 Å². The third-order valence-corrected chi connectivity index (χ3v) is 6.05. The normalized spacial score (nSPS) is 19.0. The molecule has 3 aromatic rings. The largest absolute Gasteiger partial charge is 0.385 e. The number of piperidine rings is 1. The van der Waals surface area contributed by atoms with Gasteiger partial charge in [-0.2, -0.15) is 4.98 Å². The molecule has 1 atom stereocenters. The summed E-state index contributed by atoms with van der Waals surface area (Å²) in [4.78, 5) is 23.8. The highest BCUT2D eigenvalue weighted by atomic mass is 16.5. The monoisotopic (exact) mass is 425 g/mol. The Morgan fingerprint density at radius 1 is 1.23 bits per heavy atom. The van der Waals surface area contributed by atoms with E-state index in [4.69, 9.17) is 18.8 Å². The lowest BCUT2D eigenvalue weighted by Gasteiger charge is -2.41. The van der Waals surface area contributed by atoms with E-state index in [1.807, 2.05) is 30.9 Å². The van der Waals surface area contributed by atoms with Crippen molar-refractivity contribution in [3.05, 3.63) is 47.4 Å². The molecule has 3 aromatic heterocycles. The molecule has 9 heteroatoms. The van der Waals surface area contributed by atoms with Crippen molar-refractivity contribution < 1.29 is 18.6 Å². The van der Waals surface area contributed by atoms with Gasteiger partial charge in [-0.1, -0.05) is 10.3 Å². The summed E-state index contributed by atoms with van der Waals surface area (Å²) in [7, 11) is 1.68. The predicted octanol–water partition coefficient (Wildman–Crippen LogP) is 2.88. The van der Waals surface area contributed by atoms with Crippen molar-refractivity contribution in [1.29, 1.82) is 0 Å². The maximum atomic E-state index is 13.1. The van der Waals surface area contributed by atoms with E-state index in [-0.39, 0.29) is 12.3 Å². The minimum atomic E-state index is -0.419. The number of ether oxygens (including phenoxy) is 1. The number of nitrogens with zero attached hydrogens (tertiary/aromatic N) is 5. The van der Waals surface area contributed by atoms with Crippen LogP contribution >= 0.6 is 0 Å². The molecule has 0 radical (unpaired) electrons. The van der Waals surface area contributed by atoms with Crippen LogP contribution in [0.25, 0.3) is 11.5 Å². The van der Waals surface area contributed by atoms with Gasteiger partial charge < -0.3 is 18.7 Å². The average Bonchev–Trinajstić information content (AvgIpc) is 3.42. The topological polar surface area (TPSA) is 107 Å². The summed E-state index contributed by atoms with van der Waals surface area (Å²) in [5.74, 6) is 1.81. The van der Waals surface area contributed by atoms with E-state index in [1.165, 1.54) is 0 Å². The molecule has 1 saturated heterocycles. The van der Waals surface area contributed by atoms with Crippen molar-refractivity contribution in [2.45, 2.75) is 44.9 Å². The Labute approximate surface area is 180 Å². The van der Waals surface area contributed by atoms with Gasteiger partial charge in [-0.3, -0.25) is 9.78 Å². The summed E-state index contributed by atoms with van der Waals surface area (Å²) >= 11 is 0. The van der Waals surface area contributed by atoms with Crippen LogP contribution in [0.5, 0.6) is 0 Å². The molecule has 0 aliphatic carbocycles. The number of pyridine rings is 1. The predicted molar refractivity (Wildman–Crippen MR) is 111 cm³/mol. The van der Waals surface area contributed by atoms with Crippen LogP contribution in [0.15, 0.2) is 33.6 Å². The van der Waals surface area contributed by atoms with Crippen molar-refractivity contribution in [3.63, 3.8) is 0 Å². The Morgan fingerprint density at radius 3 is 2.74 bits per heavy atom. The van der Waals surface area contributed by atoms with E-state index in [0.29, 0.717) is 43.6 Å². The summed E-state index contributed by atoms with van der Waals surface area (Å²) in [6.07, 6.45) is 6.08. The van der Waals surface area contributed by atoms with Gasteiger partial charge in [0.1, 0.15) is 5.76 Å². The molecule has 0 saturated carbocycles. The van der Waals surface area contributed by atoms with Crippen LogP contribution < -0.4 is 0 Å². The van der Waals surface area contributed by atoms with Crippen molar-refractivity contribution in [2.75, 3.05) is 26.8 Å². The van der Waals surface area contributed by atoms with Gasteiger partial charge in [0, 0.05) is 50.3 Å². The van der Waals surface area contributed by atoms with Crippen LogP contribution in [0, 0.1) is 13.8 Å². The maximum Gasteiger partial charge on any atom is 0.258 e. The van der Waals surface area contributed by atoms with Gasteiger partial charge in [0.2, 0.25) is 5.91 Å². The zero-order chi connectivity index (χ0) is 21.8. The van der Waals surface area contributed by atoms with Crippen molar-refractivity contribution in [3.8, 4) is 11.5 Å². The van der Waals surface area contributed by atoms with E-state index < -0.39 is 5.41 Å². The van der Waals surface area contributed by atoms with E-state index in [0.717, 1.165) is 29.7 Å². The summed E-state index contributed by atoms with van der Waals surface area (Å²) in [6.45, 7) is 5.46. The Balaban J connectivity index is 1.58. The van der Waals surface area contributed by atoms with Crippen LogP contribution in [-0.2, 0) is 21.4 Å². The van der Waals surface area contributed by atoms with Crippen molar-refractivity contribution in [2.24, 2.45) is 0 Å². The molecule has 0 bridgehead atoms. The number of carbonyl (C=O) groups excluding carboxylic acids is 1. The molecule has 1 fully saturated rings. The Kier molecular flexibility index (Phi) is 6.13. The minimum absolute atomic E-state index is 0.0498. The molecule has 164 valence electrons. The highest BCUT2D eigenvalue weighted by Crippen LogP contribution is 2.37. The molecular weight excluding hydrogens is 398 g/mol. The van der Waals surface area contributed by atoms with Gasteiger partial charge in [-0.15, -0.1) is 0 Å². The second-order valence-electron chi connectivity index (χ2n) is 8.08. The highest BCUT2D eigenvalue weighted by molar-refractivity contribution is 5.79. The van der Waals surface area contributed by atoms with E-state index in [9.17, 15) is 4.79 Å². The number of hydrogen-bond donors (Lipinski definition) is 0. The van der Waals surface area contributed by atoms with Gasteiger partial charge in [-0.05, 0) is 45.2 Å². The Bertz CT molecular complexity index is 1010. The molecule has 1 unspecified atom stereocenters. The number of aromatic nitrogens is 4. The molecule has 4 heterocycles. The Hall–Kier alpha value is -3.07. The van der Waals surface area contributed by atoms with Gasteiger partial charge >= 0.3 is 0 Å². The quantitative estimate of drug-likeness (QED) is 0.569. The molecule has 0 N–H and O–H groups in total. The number of hydrogen-bond acceptors (Lipinski definition) is 8. The lowest BCUT2D eigenvalue weighted by Crippen LogP contribution is -2.50. The molecule has 0 aromatic carbocycles. The number of methoxy groups -OCH3 is 1. The fourth-order valence-corrected chi connectivity index (χ4v) is 4.21. The fraction of sp³-hybridized carbons (Fsp3) is 0.500. The molecular formula is C22H27N5O4. The molecule has 4 rings (SSSR count). The lowest BCUT2D eigenvalue weighted by atomic mass is 9.76. The number of rotatable bonds is 7. The highest BCUT2D eigenvalue weighted by Gasteiger charge is 2.42. The summed E-state index contributed by atoms with van der Waals surface area (Å²) in [6, 6.07) is 3.67. The number of amides is 1.